The number of thiazole rings is 1. The van der Waals surface area contributed by atoms with E-state index in [0.29, 0.717) is 13.0 Å². The van der Waals surface area contributed by atoms with Gasteiger partial charge in [-0.25, -0.2) is 4.98 Å². The first kappa shape index (κ1) is 15.2. The summed E-state index contributed by atoms with van der Waals surface area (Å²) in [7, 11) is 0. The molecule has 116 valence electrons. The number of rotatable bonds is 6. The molecule has 2 N–H and O–H groups in total. The van der Waals surface area contributed by atoms with Crippen molar-refractivity contribution >= 4 is 21.6 Å². The first-order valence-electron chi connectivity index (χ1n) is 7.38. The maximum Gasteiger partial charge on any atom is 0.163 e. The lowest BCUT2D eigenvalue weighted by Gasteiger charge is -2.24. The third-order valence-electron chi connectivity index (χ3n) is 3.64. The Morgan fingerprint density at radius 2 is 2.05 bits per heavy atom. The number of nitrogens with one attached hydrogen (secondary N) is 1. The summed E-state index contributed by atoms with van der Waals surface area (Å²) < 4.78 is 7.06. The first-order chi connectivity index (χ1) is 10.6. The second kappa shape index (κ2) is 6.20. The molecule has 5 heteroatoms. The number of fused-ring (bicyclic) bond motifs is 1. The molecule has 0 bridgehead atoms. The van der Waals surface area contributed by atoms with Gasteiger partial charge in [-0.15, -0.1) is 11.3 Å². The largest absolute Gasteiger partial charge is 0.457 e. The second-order valence-electron chi connectivity index (χ2n) is 5.96. The number of hydrogen-bond donors (Lipinski definition) is 2. The Morgan fingerprint density at radius 3 is 2.82 bits per heavy atom. The molecule has 0 amide bonds. The lowest BCUT2D eigenvalue weighted by atomic mass is 10.0. The Kier molecular flexibility index (Phi) is 4.29. The van der Waals surface area contributed by atoms with Crippen molar-refractivity contribution in [2.75, 3.05) is 6.61 Å². The molecule has 2 aromatic heterocycles. The summed E-state index contributed by atoms with van der Waals surface area (Å²) in [6.07, 6.45) is 0.707. The molecule has 0 aliphatic heterocycles. The molecule has 3 aromatic rings. The van der Waals surface area contributed by atoms with Gasteiger partial charge in [-0.05, 0) is 44.5 Å². The Hall–Kier alpha value is -1.69. The number of benzene rings is 1. The van der Waals surface area contributed by atoms with Gasteiger partial charge in [0.2, 0.25) is 0 Å². The molecule has 0 spiro atoms. The Bertz CT molecular complexity index is 728. The molecule has 3 rings (SSSR count). The molecule has 0 saturated heterocycles. The predicted octanol–water partition coefficient (Wildman–Crippen LogP) is 3.81. The summed E-state index contributed by atoms with van der Waals surface area (Å²) in [4.78, 5) is 4.61. The minimum absolute atomic E-state index is 0.114. The number of aliphatic hydroxyl groups excluding tert-OH is 1. The van der Waals surface area contributed by atoms with Crippen LogP contribution in [0.15, 0.2) is 40.8 Å². The fourth-order valence-corrected chi connectivity index (χ4v) is 3.19. The Morgan fingerprint density at radius 1 is 1.23 bits per heavy atom. The molecular weight excluding hydrogens is 296 g/mol. The van der Waals surface area contributed by atoms with E-state index in [2.05, 4.69) is 30.2 Å². The van der Waals surface area contributed by atoms with E-state index in [1.165, 1.54) is 0 Å². The van der Waals surface area contributed by atoms with Gasteiger partial charge in [-0.1, -0.05) is 12.1 Å². The molecule has 0 fully saturated rings. The maximum absolute atomic E-state index is 9.05. The third-order valence-corrected chi connectivity index (χ3v) is 4.70. The molecule has 2 heterocycles. The molecular formula is C17H20N2O2S. The number of aliphatic hydroxyl groups is 1. The molecule has 0 saturated carbocycles. The second-order valence-corrected chi connectivity index (χ2v) is 6.99. The van der Waals surface area contributed by atoms with Crippen molar-refractivity contribution in [1.29, 1.82) is 0 Å². The average molecular weight is 316 g/mol. The number of furan rings is 1. The molecule has 4 nitrogen and oxygen atoms in total. The van der Waals surface area contributed by atoms with Gasteiger partial charge in [0.1, 0.15) is 5.76 Å². The van der Waals surface area contributed by atoms with Crippen LogP contribution in [0.4, 0.5) is 0 Å². The van der Waals surface area contributed by atoms with Crippen LogP contribution < -0.4 is 5.32 Å². The summed E-state index contributed by atoms with van der Waals surface area (Å²) in [5, 5.41) is 13.4. The van der Waals surface area contributed by atoms with Crippen molar-refractivity contribution in [2.24, 2.45) is 0 Å². The fraction of sp³-hybridized carbons (Fsp3) is 0.353. The van der Waals surface area contributed by atoms with Crippen LogP contribution in [0.1, 0.15) is 26.0 Å². The zero-order valence-corrected chi connectivity index (χ0v) is 13.6. The van der Waals surface area contributed by atoms with Crippen molar-refractivity contribution < 1.29 is 9.52 Å². The van der Waals surface area contributed by atoms with Crippen LogP contribution in [0.5, 0.6) is 0 Å². The highest BCUT2D eigenvalue weighted by molar-refractivity contribution is 7.21. The summed E-state index contributed by atoms with van der Waals surface area (Å²) in [6, 6.07) is 12.0. The SMILES string of the molecule is CC(C)(CCO)NCc1ccc(-c2nc3ccccc3s2)o1. The first-order valence-corrected chi connectivity index (χ1v) is 8.20. The molecule has 1 aromatic carbocycles. The number of hydrogen-bond acceptors (Lipinski definition) is 5. The van der Waals surface area contributed by atoms with Crippen molar-refractivity contribution in [3.63, 3.8) is 0 Å². The summed E-state index contributed by atoms with van der Waals surface area (Å²) in [5.41, 5.74) is 0.889. The lowest BCUT2D eigenvalue weighted by molar-refractivity contribution is 0.227. The van der Waals surface area contributed by atoms with E-state index in [-0.39, 0.29) is 12.1 Å². The summed E-state index contributed by atoms with van der Waals surface area (Å²) in [5.74, 6) is 1.68. The quantitative estimate of drug-likeness (QED) is 0.726. The maximum atomic E-state index is 9.05. The van der Waals surface area contributed by atoms with Crippen molar-refractivity contribution in [1.82, 2.24) is 10.3 Å². The van der Waals surface area contributed by atoms with E-state index in [9.17, 15) is 0 Å². The van der Waals surface area contributed by atoms with Gasteiger partial charge in [0, 0.05) is 12.1 Å². The van der Waals surface area contributed by atoms with Crippen molar-refractivity contribution in [2.45, 2.75) is 32.4 Å². The lowest BCUT2D eigenvalue weighted by Crippen LogP contribution is -2.39. The number of aromatic nitrogens is 1. The van der Waals surface area contributed by atoms with E-state index in [1.54, 1.807) is 11.3 Å². The van der Waals surface area contributed by atoms with E-state index >= 15 is 0 Å². The van der Waals surface area contributed by atoms with Gasteiger partial charge in [0.25, 0.3) is 0 Å². The van der Waals surface area contributed by atoms with Crippen LogP contribution in [0.3, 0.4) is 0 Å². The van der Waals surface area contributed by atoms with Crippen molar-refractivity contribution in [3.8, 4) is 10.8 Å². The molecule has 0 atom stereocenters. The van der Waals surface area contributed by atoms with Gasteiger partial charge in [-0.2, -0.15) is 0 Å². The highest BCUT2D eigenvalue weighted by Gasteiger charge is 2.17. The standard InChI is InChI=1S/C17H20N2O2S/c1-17(2,9-10-20)18-11-12-7-8-14(21-12)16-19-13-5-3-4-6-15(13)22-16/h3-8,18,20H,9-11H2,1-2H3. The fourth-order valence-electron chi connectivity index (χ4n) is 2.26. The zero-order valence-electron chi connectivity index (χ0n) is 12.8. The Labute approximate surface area is 133 Å². The van der Waals surface area contributed by atoms with Gasteiger partial charge >= 0.3 is 0 Å². The van der Waals surface area contributed by atoms with E-state index in [1.807, 2.05) is 30.3 Å². The summed E-state index contributed by atoms with van der Waals surface area (Å²) >= 11 is 1.64. The number of para-hydroxylation sites is 1. The van der Waals surface area contributed by atoms with Crippen molar-refractivity contribution in [3.05, 3.63) is 42.2 Å². The van der Waals surface area contributed by atoms with Gasteiger partial charge in [-0.3, -0.25) is 0 Å². The van der Waals surface area contributed by atoms with Crippen LogP contribution >= 0.6 is 11.3 Å². The third kappa shape index (κ3) is 3.38. The number of nitrogens with zero attached hydrogens (tertiary/aromatic N) is 1. The smallest absolute Gasteiger partial charge is 0.163 e. The molecule has 22 heavy (non-hydrogen) atoms. The topological polar surface area (TPSA) is 58.3 Å². The van der Waals surface area contributed by atoms with Crippen LogP contribution in [0.2, 0.25) is 0 Å². The highest BCUT2D eigenvalue weighted by atomic mass is 32.1. The molecule has 0 radical (unpaired) electrons. The monoisotopic (exact) mass is 316 g/mol. The molecule has 0 aliphatic rings. The van der Waals surface area contributed by atoms with Crippen LogP contribution in [0, 0.1) is 0 Å². The Balaban J connectivity index is 1.73. The van der Waals surface area contributed by atoms with Gasteiger partial charge < -0.3 is 14.8 Å². The van der Waals surface area contributed by atoms with E-state index < -0.39 is 0 Å². The zero-order chi connectivity index (χ0) is 15.6. The molecule has 0 unspecified atom stereocenters. The summed E-state index contributed by atoms with van der Waals surface area (Å²) in [6.45, 7) is 4.95. The van der Waals surface area contributed by atoms with E-state index in [0.717, 1.165) is 26.7 Å². The molecule has 0 aliphatic carbocycles. The van der Waals surface area contributed by atoms with Crippen LogP contribution in [0.25, 0.3) is 21.0 Å². The van der Waals surface area contributed by atoms with Gasteiger partial charge in [0.05, 0.1) is 16.8 Å². The highest BCUT2D eigenvalue weighted by Crippen LogP contribution is 2.31. The normalized spacial score (nSPS) is 12.1. The van der Waals surface area contributed by atoms with Crippen LogP contribution in [-0.4, -0.2) is 22.2 Å². The predicted molar refractivity (Wildman–Crippen MR) is 89.9 cm³/mol. The minimum Gasteiger partial charge on any atom is -0.457 e. The minimum atomic E-state index is -0.114. The van der Waals surface area contributed by atoms with E-state index in [4.69, 9.17) is 9.52 Å². The average Bonchev–Trinajstić information content (AvgIpc) is 3.11. The van der Waals surface area contributed by atoms with Crippen LogP contribution in [-0.2, 0) is 6.54 Å². The van der Waals surface area contributed by atoms with Gasteiger partial charge in [0.15, 0.2) is 10.8 Å².